The Labute approximate surface area is 109 Å². The highest BCUT2D eigenvalue weighted by Gasteiger charge is 2.24. The molecule has 0 aliphatic rings. The molecule has 6 nitrogen and oxygen atoms in total. The van der Waals surface area contributed by atoms with Gasteiger partial charge < -0.3 is 15.8 Å². The van der Waals surface area contributed by atoms with Crippen LogP contribution in [0.25, 0.3) is 11.0 Å². The maximum atomic E-state index is 12.0. The molecule has 0 aliphatic carbocycles. The Morgan fingerprint density at radius 1 is 1.47 bits per heavy atom. The van der Waals surface area contributed by atoms with Gasteiger partial charge in [0, 0.05) is 5.69 Å². The lowest BCUT2D eigenvalue weighted by Gasteiger charge is -2.16. The number of aliphatic carboxylic acids is 1. The van der Waals surface area contributed by atoms with Crippen LogP contribution in [-0.4, -0.2) is 20.6 Å². The summed E-state index contributed by atoms with van der Waals surface area (Å²) in [5, 5.41) is 9.33. The van der Waals surface area contributed by atoms with Crippen LogP contribution in [-0.2, 0) is 4.79 Å². The van der Waals surface area contributed by atoms with E-state index >= 15 is 0 Å². The molecular weight excluding hydrogens is 246 g/mol. The Morgan fingerprint density at radius 3 is 2.74 bits per heavy atom. The first-order valence-electron chi connectivity index (χ1n) is 6.12. The lowest BCUT2D eigenvalue weighted by molar-refractivity contribution is -0.141. The van der Waals surface area contributed by atoms with Crippen molar-refractivity contribution in [2.75, 3.05) is 5.73 Å². The normalized spacial score (nSPS) is 13.0. The van der Waals surface area contributed by atoms with Crippen LogP contribution in [0.5, 0.6) is 0 Å². The number of carboxylic acid groups (broad SMARTS) is 1. The van der Waals surface area contributed by atoms with E-state index in [1.165, 1.54) is 4.57 Å². The van der Waals surface area contributed by atoms with Gasteiger partial charge in [0.05, 0.1) is 11.0 Å². The lowest BCUT2D eigenvalue weighted by atomic mass is 10.0. The number of imidazole rings is 1. The molecule has 0 aliphatic heterocycles. The van der Waals surface area contributed by atoms with Crippen molar-refractivity contribution in [3.8, 4) is 0 Å². The Bertz CT molecular complexity index is 669. The molecule has 2 rings (SSSR count). The Morgan fingerprint density at radius 2 is 2.16 bits per heavy atom. The number of benzene rings is 1. The highest BCUT2D eigenvalue weighted by Crippen LogP contribution is 2.22. The summed E-state index contributed by atoms with van der Waals surface area (Å²) >= 11 is 0. The summed E-state index contributed by atoms with van der Waals surface area (Å²) in [5.41, 5.74) is 6.87. The second-order valence-electron chi connectivity index (χ2n) is 5.06. The third-order valence-electron chi connectivity index (χ3n) is 3.03. The number of hydrogen-bond donors (Lipinski definition) is 3. The van der Waals surface area contributed by atoms with E-state index in [0.717, 1.165) is 0 Å². The van der Waals surface area contributed by atoms with Crippen LogP contribution in [0.1, 0.15) is 26.3 Å². The minimum absolute atomic E-state index is 0.173. The van der Waals surface area contributed by atoms with Crippen LogP contribution in [0.2, 0.25) is 0 Å². The number of nitrogens with zero attached hydrogens (tertiary/aromatic N) is 1. The van der Waals surface area contributed by atoms with Crippen molar-refractivity contribution >= 4 is 22.7 Å². The van der Waals surface area contributed by atoms with E-state index in [1.54, 1.807) is 18.2 Å². The number of nitrogens with two attached hydrogens (primary N) is 1. The molecule has 19 heavy (non-hydrogen) atoms. The van der Waals surface area contributed by atoms with Crippen LogP contribution in [0.15, 0.2) is 23.0 Å². The van der Waals surface area contributed by atoms with Gasteiger partial charge in [-0.05, 0) is 30.5 Å². The van der Waals surface area contributed by atoms with E-state index in [-0.39, 0.29) is 5.92 Å². The van der Waals surface area contributed by atoms with Crippen LogP contribution >= 0.6 is 0 Å². The molecule has 1 heterocycles. The van der Waals surface area contributed by atoms with E-state index < -0.39 is 17.7 Å². The van der Waals surface area contributed by atoms with Crippen LogP contribution in [0, 0.1) is 5.92 Å². The topological polar surface area (TPSA) is 101 Å². The predicted octanol–water partition coefficient (Wildman–Crippen LogP) is 1.58. The number of H-pyrrole nitrogens is 1. The minimum atomic E-state index is -1.01. The first-order chi connectivity index (χ1) is 8.90. The number of hydrogen-bond acceptors (Lipinski definition) is 3. The zero-order valence-electron chi connectivity index (χ0n) is 10.9. The summed E-state index contributed by atoms with van der Waals surface area (Å²) in [6.45, 7) is 3.85. The number of anilines is 1. The van der Waals surface area contributed by atoms with Gasteiger partial charge in [-0.1, -0.05) is 13.8 Å². The number of fused-ring (bicyclic) bond motifs is 1. The fourth-order valence-corrected chi connectivity index (χ4v) is 2.22. The van der Waals surface area contributed by atoms with Crippen molar-refractivity contribution < 1.29 is 9.90 Å². The van der Waals surface area contributed by atoms with E-state index in [0.29, 0.717) is 23.1 Å². The van der Waals surface area contributed by atoms with Gasteiger partial charge in [0.1, 0.15) is 6.04 Å². The third-order valence-corrected chi connectivity index (χ3v) is 3.03. The third kappa shape index (κ3) is 2.47. The van der Waals surface area contributed by atoms with Gasteiger partial charge >= 0.3 is 11.7 Å². The number of nitrogen functional groups attached to an aromatic ring is 1. The van der Waals surface area contributed by atoms with Crippen molar-refractivity contribution in [1.82, 2.24) is 9.55 Å². The highest BCUT2D eigenvalue weighted by molar-refractivity contribution is 5.82. The molecule has 0 spiro atoms. The first-order valence-corrected chi connectivity index (χ1v) is 6.12. The van der Waals surface area contributed by atoms with Crippen molar-refractivity contribution in [3.63, 3.8) is 0 Å². The SMILES string of the molecule is CC(C)CC(C(=O)O)n1c(=O)[nH]c2cc(N)ccc21. The molecule has 6 heteroatoms. The molecule has 1 unspecified atom stereocenters. The highest BCUT2D eigenvalue weighted by atomic mass is 16.4. The Balaban J connectivity index is 2.62. The molecule has 1 aromatic heterocycles. The van der Waals surface area contributed by atoms with E-state index in [9.17, 15) is 14.7 Å². The molecule has 0 fully saturated rings. The van der Waals surface area contributed by atoms with Gasteiger partial charge in [0.15, 0.2) is 0 Å². The second kappa shape index (κ2) is 4.79. The van der Waals surface area contributed by atoms with E-state index in [1.807, 2.05) is 13.8 Å². The number of nitrogens with one attached hydrogen (secondary N) is 1. The van der Waals surface area contributed by atoms with Crippen LogP contribution in [0.4, 0.5) is 5.69 Å². The first kappa shape index (κ1) is 13.2. The molecule has 102 valence electrons. The van der Waals surface area contributed by atoms with Crippen molar-refractivity contribution in [3.05, 3.63) is 28.7 Å². The number of rotatable bonds is 4. The maximum absolute atomic E-state index is 12.0. The second-order valence-corrected chi connectivity index (χ2v) is 5.06. The number of carbonyl (C=O) groups is 1. The molecule has 1 aromatic carbocycles. The van der Waals surface area contributed by atoms with Gasteiger partial charge in [0.2, 0.25) is 0 Å². The van der Waals surface area contributed by atoms with Crippen molar-refractivity contribution in [2.45, 2.75) is 26.3 Å². The van der Waals surface area contributed by atoms with Gasteiger partial charge in [-0.2, -0.15) is 0 Å². The lowest BCUT2D eigenvalue weighted by Crippen LogP contribution is -2.29. The van der Waals surface area contributed by atoms with E-state index in [2.05, 4.69) is 4.98 Å². The zero-order chi connectivity index (χ0) is 14.2. The summed E-state index contributed by atoms with van der Waals surface area (Å²) < 4.78 is 1.29. The monoisotopic (exact) mass is 263 g/mol. The van der Waals surface area contributed by atoms with E-state index in [4.69, 9.17) is 5.73 Å². The predicted molar refractivity (Wildman–Crippen MR) is 73.1 cm³/mol. The van der Waals surface area contributed by atoms with Crippen molar-refractivity contribution in [2.24, 2.45) is 5.92 Å². The summed E-state index contributed by atoms with van der Waals surface area (Å²) in [6, 6.07) is 4.07. The molecule has 0 saturated heterocycles. The molecule has 0 radical (unpaired) electrons. The molecule has 2 aromatic rings. The zero-order valence-corrected chi connectivity index (χ0v) is 10.9. The maximum Gasteiger partial charge on any atom is 0.327 e. The molecule has 0 saturated carbocycles. The fourth-order valence-electron chi connectivity index (χ4n) is 2.22. The Kier molecular flexibility index (Phi) is 3.33. The van der Waals surface area contributed by atoms with Crippen LogP contribution in [0.3, 0.4) is 0 Å². The number of carboxylic acids is 1. The van der Waals surface area contributed by atoms with Gasteiger partial charge in [-0.15, -0.1) is 0 Å². The summed E-state index contributed by atoms with van der Waals surface area (Å²) in [6.07, 6.45) is 0.395. The van der Waals surface area contributed by atoms with Gasteiger partial charge in [-0.25, -0.2) is 9.59 Å². The number of aromatic nitrogens is 2. The summed E-state index contributed by atoms with van der Waals surface area (Å²) in [7, 11) is 0. The molecular formula is C13H17N3O3. The fraction of sp³-hybridized carbons (Fsp3) is 0.385. The summed E-state index contributed by atoms with van der Waals surface area (Å²) in [4.78, 5) is 26.0. The quantitative estimate of drug-likeness (QED) is 0.729. The standard InChI is InChI=1S/C13H17N3O3/c1-7(2)5-11(12(17)18)16-10-4-3-8(14)6-9(10)15-13(16)19/h3-4,6-7,11H,5,14H2,1-2H3,(H,15,19)(H,17,18). The molecule has 0 bridgehead atoms. The summed E-state index contributed by atoms with van der Waals surface area (Å²) in [5.74, 6) is -0.833. The minimum Gasteiger partial charge on any atom is -0.480 e. The molecule has 1 atom stereocenters. The molecule has 0 amide bonds. The smallest absolute Gasteiger partial charge is 0.327 e. The largest absolute Gasteiger partial charge is 0.480 e. The van der Waals surface area contributed by atoms with Gasteiger partial charge in [0.25, 0.3) is 0 Å². The van der Waals surface area contributed by atoms with Crippen LogP contribution < -0.4 is 11.4 Å². The van der Waals surface area contributed by atoms with Crippen molar-refractivity contribution in [1.29, 1.82) is 0 Å². The molecule has 4 N–H and O–H groups in total. The Hall–Kier alpha value is -2.24. The number of aromatic amines is 1. The average molecular weight is 263 g/mol. The van der Waals surface area contributed by atoms with Gasteiger partial charge in [-0.3, -0.25) is 4.57 Å². The average Bonchev–Trinajstić information content (AvgIpc) is 2.60.